The van der Waals surface area contributed by atoms with Crippen LogP contribution in [0.15, 0.2) is 35.7 Å². The number of hydrazine groups is 1. The van der Waals surface area contributed by atoms with Crippen LogP contribution in [0.5, 0.6) is 0 Å². The third-order valence-electron chi connectivity index (χ3n) is 6.22. The van der Waals surface area contributed by atoms with Crippen LogP contribution < -0.4 is 10.9 Å². The van der Waals surface area contributed by atoms with Gasteiger partial charge in [-0.3, -0.25) is 25.2 Å². The van der Waals surface area contributed by atoms with Crippen LogP contribution in [0.4, 0.5) is 0 Å². The van der Waals surface area contributed by atoms with Crippen molar-refractivity contribution in [1.29, 1.82) is 0 Å². The standard InChI is InChI=1S/C24H23ClN8O3S/c1-13-11-19-27-28-20(14(2)33(19)31-13)24(36)32-9-7-15(8-10-32)23-26-18(12-37-23)22(35)30-29-21(34)16-5-3-4-6-17(16)25/h3-6,11-12,15H,7-10H2,1-2H3,(H,29,34)(H,30,35). The normalized spacial score (nSPS) is 14.1. The molecule has 1 saturated heterocycles. The molecule has 0 bridgehead atoms. The molecule has 2 N–H and O–H groups in total. The Hall–Kier alpha value is -3.90. The number of hydrogen-bond donors (Lipinski definition) is 2. The summed E-state index contributed by atoms with van der Waals surface area (Å²) in [6.07, 6.45) is 1.41. The van der Waals surface area contributed by atoms with E-state index in [0.717, 1.165) is 10.7 Å². The number of aromatic nitrogens is 5. The van der Waals surface area contributed by atoms with Crippen molar-refractivity contribution in [2.45, 2.75) is 32.6 Å². The number of carbonyl (C=O) groups is 3. The molecule has 1 fully saturated rings. The molecule has 1 aliphatic heterocycles. The third kappa shape index (κ3) is 5.02. The monoisotopic (exact) mass is 538 g/mol. The number of amides is 3. The van der Waals surface area contributed by atoms with E-state index in [1.54, 1.807) is 39.1 Å². The molecule has 3 amide bonds. The zero-order valence-electron chi connectivity index (χ0n) is 20.1. The molecule has 37 heavy (non-hydrogen) atoms. The van der Waals surface area contributed by atoms with Gasteiger partial charge >= 0.3 is 0 Å². The highest BCUT2D eigenvalue weighted by atomic mass is 35.5. The number of thiazole rings is 1. The highest BCUT2D eigenvalue weighted by Gasteiger charge is 2.29. The average Bonchev–Trinajstić information content (AvgIpc) is 3.54. The Morgan fingerprint density at radius 1 is 1.05 bits per heavy atom. The Morgan fingerprint density at radius 3 is 2.54 bits per heavy atom. The molecule has 4 heterocycles. The summed E-state index contributed by atoms with van der Waals surface area (Å²) in [5, 5.41) is 15.4. The number of hydrogen-bond acceptors (Lipinski definition) is 8. The number of carbonyl (C=O) groups excluding carboxylic acids is 3. The first-order chi connectivity index (χ1) is 17.8. The molecule has 0 spiro atoms. The van der Waals surface area contributed by atoms with Gasteiger partial charge in [0.2, 0.25) is 0 Å². The largest absolute Gasteiger partial charge is 0.337 e. The van der Waals surface area contributed by atoms with E-state index < -0.39 is 11.8 Å². The summed E-state index contributed by atoms with van der Waals surface area (Å²) in [7, 11) is 0. The molecule has 11 nitrogen and oxygen atoms in total. The van der Waals surface area contributed by atoms with Gasteiger partial charge in [-0.1, -0.05) is 23.7 Å². The van der Waals surface area contributed by atoms with Crippen LogP contribution in [-0.2, 0) is 0 Å². The number of likely N-dealkylation sites (tertiary alicyclic amines) is 1. The fourth-order valence-electron chi connectivity index (χ4n) is 4.22. The summed E-state index contributed by atoms with van der Waals surface area (Å²) in [5.41, 5.74) is 7.57. The van der Waals surface area contributed by atoms with Crippen LogP contribution in [0.1, 0.15) is 66.5 Å². The lowest BCUT2D eigenvalue weighted by Crippen LogP contribution is -2.42. The second kappa shape index (κ2) is 10.2. The molecule has 1 aromatic carbocycles. The van der Waals surface area contributed by atoms with Crippen molar-refractivity contribution in [2.75, 3.05) is 13.1 Å². The predicted molar refractivity (Wildman–Crippen MR) is 137 cm³/mol. The lowest BCUT2D eigenvalue weighted by atomic mass is 9.97. The minimum atomic E-state index is -0.520. The van der Waals surface area contributed by atoms with Crippen molar-refractivity contribution in [3.63, 3.8) is 0 Å². The van der Waals surface area contributed by atoms with Crippen molar-refractivity contribution in [2.24, 2.45) is 0 Å². The molecule has 0 saturated carbocycles. The van der Waals surface area contributed by atoms with Gasteiger partial charge < -0.3 is 4.90 Å². The summed E-state index contributed by atoms with van der Waals surface area (Å²) in [4.78, 5) is 44.1. The highest BCUT2D eigenvalue weighted by molar-refractivity contribution is 7.09. The molecule has 3 aromatic heterocycles. The number of benzene rings is 1. The second-order valence-electron chi connectivity index (χ2n) is 8.72. The number of fused-ring (bicyclic) bond motifs is 1. The zero-order valence-corrected chi connectivity index (χ0v) is 21.6. The highest BCUT2D eigenvalue weighted by Crippen LogP contribution is 2.31. The van der Waals surface area contributed by atoms with Gasteiger partial charge in [-0.25, -0.2) is 9.50 Å². The van der Waals surface area contributed by atoms with E-state index in [0.29, 0.717) is 43.0 Å². The van der Waals surface area contributed by atoms with E-state index in [2.05, 4.69) is 31.1 Å². The molecule has 4 aromatic rings. The third-order valence-corrected chi connectivity index (χ3v) is 7.56. The SMILES string of the molecule is Cc1cc2nnc(C(=O)N3CCC(c4nc(C(=O)NNC(=O)c5ccccc5Cl)cs4)CC3)c(C)n2n1. The minimum Gasteiger partial charge on any atom is -0.337 e. The second-order valence-corrected chi connectivity index (χ2v) is 10.0. The molecule has 0 atom stereocenters. The predicted octanol–water partition coefficient (Wildman–Crippen LogP) is 2.95. The van der Waals surface area contributed by atoms with Crippen molar-refractivity contribution in [1.82, 2.24) is 40.5 Å². The molecular weight excluding hydrogens is 516 g/mol. The van der Waals surface area contributed by atoms with Crippen LogP contribution >= 0.6 is 22.9 Å². The van der Waals surface area contributed by atoms with Crippen molar-refractivity contribution in [3.05, 3.63) is 74.1 Å². The molecule has 5 rings (SSSR count). The first-order valence-electron chi connectivity index (χ1n) is 11.6. The average molecular weight is 539 g/mol. The summed E-state index contributed by atoms with van der Waals surface area (Å²) in [6.45, 7) is 4.75. The molecule has 0 aliphatic carbocycles. The first-order valence-corrected chi connectivity index (χ1v) is 12.9. The van der Waals surface area contributed by atoms with Crippen LogP contribution in [-0.4, -0.2) is 60.5 Å². The molecule has 0 unspecified atom stereocenters. The van der Waals surface area contributed by atoms with Gasteiger partial charge in [0, 0.05) is 30.5 Å². The number of rotatable bonds is 4. The van der Waals surface area contributed by atoms with Crippen LogP contribution in [0.25, 0.3) is 5.65 Å². The zero-order chi connectivity index (χ0) is 26.1. The maximum atomic E-state index is 13.1. The number of halogens is 1. The Bertz CT molecular complexity index is 1510. The fourth-order valence-corrected chi connectivity index (χ4v) is 5.42. The lowest BCUT2D eigenvalue weighted by Gasteiger charge is -2.31. The summed E-state index contributed by atoms with van der Waals surface area (Å²) < 4.78 is 1.64. The number of aryl methyl sites for hydroxylation is 2. The van der Waals surface area contributed by atoms with E-state index >= 15 is 0 Å². The van der Waals surface area contributed by atoms with E-state index in [9.17, 15) is 14.4 Å². The Morgan fingerprint density at radius 2 is 1.78 bits per heavy atom. The van der Waals surface area contributed by atoms with Gasteiger partial charge in [-0.15, -0.1) is 21.5 Å². The lowest BCUT2D eigenvalue weighted by molar-refractivity contribution is 0.0703. The molecule has 190 valence electrons. The Labute approximate surface area is 220 Å². The van der Waals surface area contributed by atoms with Gasteiger partial charge in [-0.2, -0.15) is 5.10 Å². The topological polar surface area (TPSA) is 134 Å². The van der Waals surface area contributed by atoms with E-state index in [1.807, 2.05) is 19.9 Å². The van der Waals surface area contributed by atoms with Crippen molar-refractivity contribution < 1.29 is 14.4 Å². The van der Waals surface area contributed by atoms with E-state index in [4.69, 9.17) is 11.6 Å². The fraction of sp³-hybridized carbons (Fsp3) is 0.292. The summed E-state index contributed by atoms with van der Waals surface area (Å²) >= 11 is 7.40. The van der Waals surface area contributed by atoms with Crippen LogP contribution in [0, 0.1) is 13.8 Å². The van der Waals surface area contributed by atoms with Crippen LogP contribution in [0.2, 0.25) is 5.02 Å². The molecule has 1 aliphatic rings. The van der Waals surface area contributed by atoms with Gasteiger partial charge in [0.05, 0.1) is 27.0 Å². The van der Waals surface area contributed by atoms with Gasteiger partial charge in [-0.05, 0) is 38.8 Å². The minimum absolute atomic E-state index is 0.122. The maximum Gasteiger partial charge on any atom is 0.289 e. The van der Waals surface area contributed by atoms with Crippen molar-refractivity contribution in [3.8, 4) is 0 Å². The number of piperidine rings is 1. The van der Waals surface area contributed by atoms with Gasteiger partial charge in [0.15, 0.2) is 11.3 Å². The Balaban J connectivity index is 1.17. The molecule has 13 heteroatoms. The number of nitrogens with zero attached hydrogens (tertiary/aromatic N) is 6. The first kappa shape index (κ1) is 24.8. The molecular formula is C24H23ClN8O3S. The maximum absolute atomic E-state index is 13.1. The summed E-state index contributed by atoms with van der Waals surface area (Å²) in [6, 6.07) is 8.37. The van der Waals surface area contributed by atoms with Gasteiger partial charge in [0.1, 0.15) is 5.69 Å². The Kier molecular flexibility index (Phi) is 6.85. The quantitative estimate of drug-likeness (QED) is 0.381. The van der Waals surface area contributed by atoms with E-state index in [1.165, 1.54) is 11.3 Å². The number of nitrogens with one attached hydrogen (secondary N) is 2. The van der Waals surface area contributed by atoms with Gasteiger partial charge in [0.25, 0.3) is 17.7 Å². The smallest absolute Gasteiger partial charge is 0.289 e. The van der Waals surface area contributed by atoms with Crippen molar-refractivity contribution >= 4 is 46.3 Å². The van der Waals surface area contributed by atoms with Crippen LogP contribution in [0.3, 0.4) is 0 Å². The van der Waals surface area contributed by atoms with E-state index in [-0.39, 0.29) is 28.1 Å². The molecule has 0 radical (unpaired) electrons. The summed E-state index contributed by atoms with van der Waals surface area (Å²) in [5.74, 6) is -1.09.